The molecular weight excluding hydrogens is 404 g/mol. The molecule has 1 aliphatic heterocycles. The lowest BCUT2D eigenvalue weighted by atomic mass is 10.0. The summed E-state index contributed by atoms with van der Waals surface area (Å²) in [6.45, 7) is 0. The predicted octanol–water partition coefficient (Wildman–Crippen LogP) is 0.0585. The number of benzene rings is 1. The van der Waals surface area contributed by atoms with Crippen molar-refractivity contribution >= 4 is 10.1 Å². The first-order valence-corrected chi connectivity index (χ1v) is 9.32. The summed E-state index contributed by atoms with van der Waals surface area (Å²) in [6, 6.07) is 5.53. The molecule has 4 N–H and O–H groups in total. The Morgan fingerprint density at radius 2 is 1.75 bits per heavy atom. The van der Waals surface area contributed by atoms with E-state index in [2.05, 4.69) is 4.98 Å². The van der Waals surface area contributed by atoms with Crippen LogP contribution in [0, 0.1) is 11.8 Å². The van der Waals surface area contributed by atoms with Gasteiger partial charge in [0.2, 0.25) is 17.7 Å². The minimum absolute atomic E-state index is 0.0870. The molecule has 0 amide bonds. The van der Waals surface area contributed by atoms with Gasteiger partial charge in [-0.1, -0.05) is 0 Å². The number of rotatable bonds is 4. The highest BCUT2D eigenvalue weighted by atomic mass is 32.2. The third kappa shape index (κ3) is 4.11. The van der Waals surface area contributed by atoms with E-state index in [0.29, 0.717) is 0 Å². The molecule has 1 unspecified atom stereocenters. The zero-order valence-corrected chi connectivity index (χ0v) is 14.7. The predicted molar refractivity (Wildman–Crippen MR) is 88.4 cm³/mol. The van der Waals surface area contributed by atoms with Crippen LogP contribution in [0.2, 0.25) is 0 Å². The molecule has 28 heavy (non-hydrogen) atoms. The van der Waals surface area contributed by atoms with Gasteiger partial charge >= 0.3 is 0 Å². The number of ether oxygens (including phenoxy) is 2. The largest absolute Gasteiger partial charge is 0.462 e. The molecule has 1 aliphatic rings. The Balaban J connectivity index is 1.89. The van der Waals surface area contributed by atoms with E-state index in [1.165, 1.54) is 6.07 Å². The highest BCUT2D eigenvalue weighted by molar-refractivity contribution is 7.86. The van der Waals surface area contributed by atoms with Gasteiger partial charge in [-0.2, -0.15) is 12.8 Å². The summed E-state index contributed by atoms with van der Waals surface area (Å²) in [5.41, 5.74) is -2.23. The third-order valence-electron chi connectivity index (χ3n) is 4.05. The first kappa shape index (κ1) is 20.5. The molecule has 1 saturated heterocycles. The Hall–Kier alpha value is -2.22. The number of halogens is 2. The second kappa shape index (κ2) is 7.66. The minimum atomic E-state index is -4.95. The van der Waals surface area contributed by atoms with Crippen molar-refractivity contribution in [3.8, 4) is 16.9 Å². The van der Waals surface area contributed by atoms with Gasteiger partial charge in [0.25, 0.3) is 10.1 Å². The van der Waals surface area contributed by atoms with Crippen LogP contribution in [0.5, 0.6) is 5.75 Å². The van der Waals surface area contributed by atoms with E-state index >= 15 is 0 Å². The molecule has 1 aromatic carbocycles. The van der Waals surface area contributed by atoms with E-state index in [9.17, 15) is 32.5 Å². The van der Waals surface area contributed by atoms with Crippen LogP contribution in [0.15, 0.2) is 36.5 Å². The molecule has 0 saturated carbocycles. The number of pyridine rings is 1. The Morgan fingerprint density at radius 3 is 2.39 bits per heavy atom. The van der Waals surface area contributed by atoms with Crippen molar-refractivity contribution in [2.75, 3.05) is 0 Å². The molecule has 0 radical (unpaired) electrons. The van der Waals surface area contributed by atoms with Crippen LogP contribution in [0.1, 0.15) is 0 Å². The minimum Gasteiger partial charge on any atom is -0.462 e. The molecule has 9 nitrogen and oxygen atoms in total. The van der Waals surface area contributed by atoms with E-state index in [-0.39, 0.29) is 16.9 Å². The average Bonchev–Trinajstić information content (AvgIpc) is 2.62. The van der Waals surface area contributed by atoms with Crippen LogP contribution in [0.4, 0.5) is 8.78 Å². The zero-order valence-electron chi connectivity index (χ0n) is 13.9. The highest BCUT2D eigenvalue weighted by Crippen LogP contribution is 2.30. The Labute approximate surface area is 157 Å². The number of hydrogen-bond acceptors (Lipinski definition) is 8. The third-order valence-corrected chi connectivity index (χ3v) is 5.02. The molecule has 2 heterocycles. The number of aromatic nitrogens is 1. The van der Waals surface area contributed by atoms with E-state index in [1.807, 2.05) is 0 Å². The maximum Gasteiger partial charge on any atom is 0.295 e. The molecule has 1 aromatic heterocycles. The van der Waals surface area contributed by atoms with E-state index in [1.54, 1.807) is 0 Å². The average molecular weight is 419 g/mol. The number of hydrogen-bond donors (Lipinski definition) is 4. The molecule has 5 atom stereocenters. The smallest absolute Gasteiger partial charge is 0.295 e. The maximum atomic E-state index is 14.1. The lowest BCUT2D eigenvalue weighted by molar-refractivity contribution is -0.254. The van der Waals surface area contributed by atoms with E-state index in [0.717, 1.165) is 30.5 Å². The fourth-order valence-corrected chi connectivity index (χ4v) is 3.43. The van der Waals surface area contributed by atoms with Gasteiger partial charge in [0.05, 0.1) is 0 Å². The summed E-state index contributed by atoms with van der Waals surface area (Å²) < 4.78 is 69.2. The van der Waals surface area contributed by atoms with Crippen molar-refractivity contribution in [2.45, 2.75) is 30.0 Å². The van der Waals surface area contributed by atoms with Crippen molar-refractivity contribution in [1.82, 2.24) is 4.98 Å². The molecule has 0 bridgehead atoms. The topological polar surface area (TPSA) is 146 Å². The molecule has 152 valence electrons. The molecule has 1 fully saturated rings. The van der Waals surface area contributed by atoms with Gasteiger partial charge in [-0.25, -0.2) is 9.37 Å². The summed E-state index contributed by atoms with van der Waals surface area (Å²) in [5.74, 6) is -1.70. The van der Waals surface area contributed by atoms with Crippen molar-refractivity contribution in [2.24, 2.45) is 0 Å². The maximum absolute atomic E-state index is 14.1. The second-order valence-corrected chi connectivity index (χ2v) is 7.48. The van der Waals surface area contributed by atoms with Gasteiger partial charge in [-0.3, -0.25) is 4.55 Å². The molecule has 0 spiro atoms. The summed E-state index contributed by atoms with van der Waals surface area (Å²) in [4.78, 5) is 3.36. The van der Waals surface area contributed by atoms with Crippen molar-refractivity contribution in [1.29, 1.82) is 0 Å². The lowest BCUT2D eigenvalue weighted by Crippen LogP contribution is -2.61. The first-order valence-electron chi connectivity index (χ1n) is 7.82. The second-order valence-electron chi connectivity index (χ2n) is 5.99. The zero-order chi connectivity index (χ0) is 20.6. The van der Waals surface area contributed by atoms with Gasteiger partial charge in [0, 0.05) is 17.8 Å². The van der Waals surface area contributed by atoms with Crippen LogP contribution >= 0.6 is 0 Å². The van der Waals surface area contributed by atoms with Crippen molar-refractivity contribution in [3.05, 3.63) is 48.3 Å². The first-order chi connectivity index (χ1) is 13.1. The van der Waals surface area contributed by atoms with Gasteiger partial charge < -0.3 is 24.8 Å². The Kier molecular flexibility index (Phi) is 5.61. The molecule has 0 aliphatic carbocycles. The molecular formula is C16H15F2NO8S. The molecule has 12 heteroatoms. The Morgan fingerprint density at radius 1 is 1.04 bits per heavy atom. The molecule has 2 aromatic rings. The normalized spacial score (nSPS) is 28.1. The Bertz CT molecular complexity index is 973. The van der Waals surface area contributed by atoms with Crippen LogP contribution in [-0.4, -0.2) is 63.3 Å². The van der Waals surface area contributed by atoms with Crippen LogP contribution in [0.25, 0.3) is 11.1 Å². The summed E-state index contributed by atoms with van der Waals surface area (Å²) >= 11 is 0. The van der Waals surface area contributed by atoms with Gasteiger partial charge in [-0.15, -0.1) is 0 Å². The van der Waals surface area contributed by atoms with Crippen molar-refractivity contribution < 1.29 is 46.5 Å². The number of nitrogens with zero attached hydrogens (tertiary/aromatic N) is 1. The van der Waals surface area contributed by atoms with E-state index < -0.39 is 51.9 Å². The van der Waals surface area contributed by atoms with Crippen LogP contribution in [-0.2, 0) is 14.9 Å². The summed E-state index contributed by atoms with van der Waals surface area (Å²) in [7, 11) is -4.95. The van der Waals surface area contributed by atoms with Crippen molar-refractivity contribution in [3.63, 3.8) is 0 Å². The monoisotopic (exact) mass is 419 g/mol. The standard InChI is InChI=1S/C16H15F2NO8S/c17-10-2-1-8(6-9(10)7-3-4-19-11(18)5-7)26-15-13(21)12(20)14(22)16(27-15)28(23,24)25/h1-6,12-16,20-22H,(H,23,24,25)/t12-,13-,14+,15-,16?/m1/s1. The highest BCUT2D eigenvalue weighted by Gasteiger charge is 2.50. The molecule has 3 rings (SSSR count). The van der Waals surface area contributed by atoms with E-state index in [4.69, 9.17) is 14.0 Å². The number of aliphatic hydroxyl groups excluding tert-OH is 3. The quantitative estimate of drug-likeness (QED) is 0.399. The SMILES string of the molecule is O=S(=O)(O)C1O[C@@H](Oc2ccc(F)c(-c3ccnc(F)c3)c2)[C@H](O)[C@@H](O)[C@@H]1O. The fraction of sp³-hybridized carbons (Fsp3) is 0.312. The van der Waals surface area contributed by atoms with Gasteiger partial charge in [0.1, 0.15) is 29.9 Å². The van der Waals surface area contributed by atoms with Crippen LogP contribution in [0.3, 0.4) is 0 Å². The van der Waals surface area contributed by atoms with Gasteiger partial charge in [0.15, 0.2) is 0 Å². The summed E-state index contributed by atoms with van der Waals surface area (Å²) in [5, 5.41) is 29.4. The number of aliphatic hydroxyl groups is 3. The fourth-order valence-electron chi connectivity index (χ4n) is 2.66. The summed E-state index contributed by atoms with van der Waals surface area (Å²) in [6.07, 6.45) is -6.73. The van der Waals surface area contributed by atoms with Gasteiger partial charge in [-0.05, 0) is 29.8 Å². The van der Waals surface area contributed by atoms with Crippen LogP contribution < -0.4 is 4.74 Å². The lowest BCUT2D eigenvalue weighted by Gasteiger charge is -2.38.